The molecule has 156 valence electrons. The van der Waals surface area contributed by atoms with Gasteiger partial charge in [-0.15, -0.1) is 0 Å². The average Bonchev–Trinajstić information content (AvgIpc) is 3.06. The van der Waals surface area contributed by atoms with Gasteiger partial charge in [0.25, 0.3) is 11.8 Å². The van der Waals surface area contributed by atoms with Crippen LogP contribution in [-0.4, -0.2) is 53.0 Å². The summed E-state index contributed by atoms with van der Waals surface area (Å²) in [7, 11) is 0. The van der Waals surface area contributed by atoms with Gasteiger partial charge >= 0.3 is 11.8 Å². The number of aromatic nitrogens is 1. The van der Waals surface area contributed by atoms with Gasteiger partial charge in [0, 0.05) is 24.7 Å². The molecule has 1 aliphatic heterocycles. The number of nitrogens with one attached hydrogen (secondary N) is 2. The average molecular weight is 404 g/mol. The minimum Gasteiger partial charge on any atom is -0.437 e. The smallest absolute Gasteiger partial charge is 0.417 e. The van der Waals surface area contributed by atoms with Crippen molar-refractivity contribution in [2.45, 2.75) is 38.8 Å². The number of amides is 3. The summed E-state index contributed by atoms with van der Waals surface area (Å²) >= 11 is 0. The Balaban J connectivity index is 1.54. The highest BCUT2D eigenvalue weighted by molar-refractivity contribution is 5.97. The summed E-state index contributed by atoms with van der Waals surface area (Å²) in [5.41, 5.74) is 6.22. The second-order valence-corrected chi connectivity index (χ2v) is 7.23. The summed E-state index contributed by atoms with van der Waals surface area (Å²) in [6.45, 7) is 4.44. The first-order chi connectivity index (χ1) is 13.7. The molecule has 1 aromatic heterocycles. The molecule has 3 amide bonds. The van der Waals surface area contributed by atoms with E-state index < -0.39 is 18.0 Å². The molecule has 1 aliphatic rings. The Bertz CT molecular complexity index is 972. The first-order valence-corrected chi connectivity index (χ1v) is 9.43. The number of benzene rings is 1. The number of likely N-dealkylation sites (tertiary alicyclic amines) is 1. The summed E-state index contributed by atoms with van der Waals surface area (Å²) in [5, 5.41) is 2.97. The zero-order valence-corrected chi connectivity index (χ0v) is 16.3. The van der Waals surface area contributed by atoms with Gasteiger partial charge < -0.3 is 25.1 Å². The first kappa shape index (κ1) is 20.4. The maximum absolute atomic E-state index is 12.5. The van der Waals surface area contributed by atoms with Crippen molar-refractivity contribution < 1.29 is 23.5 Å². The van der Waals surface area contributed by atoms with Crippen LogP contribution in [0, 0.1) is 5.92 Å². The Morgan fingerprint density at radius 1 is 1.28 bits per heavy atom. The fourth-order valence-corrected chi connectivity index (χ4v) is 3.60. The van der Waals surface area contributed by atoms with Crippen molar-refractivity contribution in [3.05, 3.63) is 34.3 Å². The highest BCUT2D eigenvalue weighted by atomic mass is 16.6. The Morgan fingerprint density at radius 2 is 1.97 bits per heavy atom. The number of carbonyl (C=O) groups excluding carboxylic acids is 3. The van der Waals surface area contributed by atoms with E-state index in [1.807, 2.05) is 6.92 Å². The zero-order valence-electron chi connectivity index (χ0n) is 16.3. The molecule has 0 radical (unpaired) electrons. The fourth-order valence-electron chi connectivity index (χ4n) is 3.60. The van der Waals surface area contributed by atoms with Gasteiger partial charge in [-0.25, -0.2) is 9.59 Å². The summed E-state index contributed by atoms with van der Waals surface area (Å²) < 4.78 is 9.72. The number of piperidine rings is 1. The molecule has 1 fully saturated rings. The lowest BCUT2D eigenvalue weighted by Crippen LogP contribution is -2.48. The van der Waals surface area contributed by atoms with E-state index in [0.717, 1.165) is 0 Å². The Kier molecular flexibility index (Phi) is 5.90. The summed E-state index contributed by atoms with van der Waals surface area (Å²) in [5.74, 6) is -0.905. The molecule has 1 saturated heterocycles. The lowest BCUT2D eigenvalue weighted by molar-refractivity contribution is -0.140. The molecule has 2 aromatic rings. The van der Waals surface area contributed by atoms with Crippen molar-refractivity contribution in [1.29, 1.82) is 0 Å². The molecule has 1 unspecified atom stereocenters. The Hall–Kier alpha value is -3.30. The number of H-pyrrole nitrogens is 1. The lowest BCUT2D eigenvalue weighted by atomic mass is 9.90. The van der Waals surface area contributed by atoms with Gasteiger partial charge in [-0.05, 0) is 50.8 Å². The molecule has 3 rings (SSSR count). The minimum absolute atomic E-state index is 0.104. The summed E-state index contributed by atoms with van der Waals surface area (Å²) in [6.07, 6.45) is -0.469. The topological polar surface area (TPSA) is 148 Å². The van der Waals surface area contributed by atoms with E-state index in [-0.39, 0.29) is 23.8 Å². The van der Waals surface area contributed by atoms with Gasteiger partial charge in [-0.1, -0.05) is 0 Å². The molecular weight excluding hydrogens is 380 g/mol. The van der Waals surface area contributed by atoms with Gasteiger partial charge in [-0.2, -0.15) is 0 Å². The molecule has 1 aromatic carbocycles. The fraction of sp³-hybridized carbons (Fsp3) is 0.474. The number of nitrogens with zero attached hydrogens (tertiary/aromatic N) is 1. The zero-order chi connectivity index (χ0) is 21.1. The molecule has 4 N–H and O–H groups in total. The van der Waals surface area contributed by atoms with Crippen LogP contribution >= 0.6 is 0 Å². The van der Waals surface area contributed by atoms with Gasteiger partial charge in [-0.3, -0.25) is 14.6 Å². The van der Waals surface area contributed by atoms with Gasteiger partial charge in [0.1, 0.15) is 0 Å². The predicted octanol–water partition coefficient (Wildman–Crippen LogP) is 0.962. The number of oxazole rings is 1. The maximum Gasteiger partial charge on any atom is 0.417 e. The molecule has 0 spiro atoms. The van der Waals surface area contributed by atoms with E-state index >= 15 is 0 Å². The number of ether oxygens (including phenoxy) is 1. The minimum atomic E-state index is -0.978. The second kappa shape index (κ2) is 8.38. The monoisotopic (exact) mass is 404 g/mol. The van der Waals surface area contributed by atoms with Crippen LogP contribution in [0.4, 0.5) is 4.79 Å². The van der Waals surface area contributed by atoms with Crippen LogP contribution in [0.25, 0.3) is 11.1 Å². The molecule has 0 bridgehead atoms. The first-order valence-electron chi connectivity index (χ1n) is 9.43. The van der Waals surface area contributed by atoms with Crippen molar-refractivity contribution in [2.75, 3.05) is 13.1 Å². The SMILES string of the molecule is CC(NC(=O)c1ccc2[nH]c(=O)oc2c1)C1CCN(C(=O)[C@H](C)OC(N)=O)CC1. The third kappa shape index (κ3) is 4.76. The van der Waals surface area contributed by atoms with E-state index in [0.29, 0.717) is 42.6 Å². The third-order valence-corrected chi connectivity index (χ3v) is 5.24. The van der Waals surface area contributed by atoms with Gasteiger partial charge in [0.2, 0.25) is 0 Å². The number of primary amides is 1. The second-order valence-electron chi connectivity index (χ2n) is 7.23. The van der Waals surface area contributed by atoms with Crippen LogP contribution in [0.2, 0.25) is 0 Å². The van der Waals surface area contributed by atoms with E-state index in [9.17, 15) is 19.2 Å². The van der Waals surface area contributed by atoms with Crippen molar-refractivity contribution in [3.63, 3.8) is 0 Å². The van der Waals surface area contributed by atoms with Crippen molar-refractivity contribution >= 4 is 29.0 Å². The van der Waals surface area contributed by atoms with E-state index in [2.05, 4.69) is 10.3 Å². The van der Waals surface area contributed by atoms with Gasteiger partial charge in [0.15, 0.2) is 11.7 Å². The van der Waals surface area contributed by atoms with Crippen LogP contribution in [0.3, 0.4) is 0 Å². The van der Waals surface area contributed by atoms with Crippen LogP contribution in [0.1, 0.15) is 37.0 Å². The summed E-state index contributed by atoms with van der Waals surface area (Å²) in [4.78, 5) is 51.0. The lowest BCUT2D eigenvalue weighted by Gasteiger charge is -2.36. The van der Waals surface area contributed by atoms with Crippen LogP contribution in [0.15, 0.2) is 27.4 Å². The van der Waals surface area contributed by atoms with Crippen LogP contribution in [0.5, 0.6) is 0 Å². The number of hydrogen-bond donors (Lipinski definition) is 3. The van der Waals surface area contributed by atoms with Crippen LogP contribution in [-0.2, 0) is 9.53 Å². The molecule has 2 atom stereocenters. The number of aromatic amines is 1. The largest absolute Gasteiger partial charge is 0.437 e. The molecule has 29 heavy (non-hydrogen) atoms. The standard InChI is InChI=1S/C19H24N4O6/c1-10(12-5-7-23(8-6-12)17(25)11(2)28-18(20)26)21-16(24)13-3-4-14-15(9-13)29-19(27)22-14/h3-4,9-12H,5-8H2,1-2H3,(H2,20,26)(H,21,24)(H,22,27)/t10?,11-/m0/s1. The van der Waals surface area contributed by atoms with Crippen molar-refractivity contribution in [1.82, 2.24) is 15.2 Å². The maximum atomic E-state index is 12.5. The number of rotatable bonds is 5. The molecule has 10 nitrogen and oxygen atoms in total. The van der Waals surface area contributed by atoms with E-state index in [4.69, 9.17) is 14.9 Å². The molecule has 2 heterocycles. The Labute approximate surface area is 166 Å². The Morgan fingerprint density at radius 3 is 2.62 bits per heavy atom. The summed E-state index contributed by atoms with van der Waals surface area (Å²) in [6, 6.07) is 4.67. The normalized spacial score (nSPS) is 17.0. The van der Waals surface area contributed by atoms with Crippen molar-refractivity contribution in [3.8, 4) is 0 Å². The van der Waals surface area contributed by atoms with E-state index in [1.165, 1.54) is 13.0 Å². The molecule has 10 heteroatoms. The number of nitrogens with two attached hydrogens (primary N) is 1. The number of hydrogen-bond acceptors (Lipinski definition) is 6. The number of carbonyl (C=O) groups is 3. The molecule has 0 saturated carbocycles. The van der Waals surface area contributed by atoms with Crippen LogP contribution < -0.4 is 16.8 Å². The third-order valence-electron chi connectivity index (χ3n) is 5.24. The quantitative estimate of drug-likeness (QED) is 0.676. The predicted molar refractivity (Wildman–Crippen MR) is 103 cm³/mol. The molecular formula is C19H24N4O6. The highest BCUT2D eigenvalue weighted by Crippen LogP contribution is 2.22. The highest BCUT2D eigenvalue weighted by Gasteiger charge is 2.30. The number of fused-ring (bicyclic) bond motifs is 1. The van der Waals surface area contributed by atoms with Crippen molar-refractivity contribution in [2.24, 2.45) is 11.7 Å². The molecule has 0 aliphatic carbocycles. The van der Waals surface area contributed by atoms with E-state index in [1.54, 1.807) is 17.0 Å². The van der Waals surface area contributed by atoms with Gasteiger partial charge in [0.05, 0.1) is 5.52 Å².